The van der Waals surface area contributed by atoms with Crippen molar-refractivity contribution in [3.63, 3.8) is 0 Å². The molecule has 0 aliphatic heterocycles. The van der Waals surface area contributed by atoms with Gasteiger partial charge in [-0.1, -0.05) is 6.92 Å². The summed E-state index contributed by atoms with van der Waals surface area (Å²) in [6, 6.07) is 4.16. The second-order valence-corrected chi connectivity index (χ2v) is 6.55. The number of rotatable bonds is 7. The molecule has 0 saturated carbocycles. The van der Waals surface area contributed by atoms with Crippen LogP contribution in [0, 0.1) is 13.8 Å². The summed E-state index contributed by atoms with van der Waals surface area (Å²) in [5, 5.41) is 9.94. The van der Waals surface area contributed by atoms with E-state index in [4.69, 9.17) is 0 Å². The number of carbonyl (C=O) groups is 1. The highest BCUT2D eigenvalue weighted by molar-refractivity contribution is 7.11. The lowest BCUT2D eigenvalue weighted by Gasteiger charge is -2.13. The quantitative estimate of drug-likeness (QED) is 0.826. The lowest BCUT2D eigenvalue weighted by molar-refractivity contribution is -0.122. The second-order valence-electron chi connectivity index (χ2n) is 5.17. The maximum Gasteiger partial charge on any atom is 0.220 e. The number of hydrogen-bond donors (Lipinski definition) is 2. The molecule has 1 unspecified atom stereocenters. The monoisotopic (exact) mass is 306 g/mol. The van der Waals surface area contributed by atoms with Gasteiger partial charge in [-0.15, -0.1) is 11.3 Å². The Labute approximate surface area is 129 Å². The molecule has 0 bridgehead atoms. The summed E-state index contributed by atoms with van der Waals surface area (Å²) < 4.78 is 0. The molecular weight excluding hydrogens is 284 g/mol. The first kappa shape index (κ1) is 15.7. The fourth-order valence-electron chi connectivity index (χ4n) is 2.17. The van der Waals surface area contributed by atoms with Crippen molar-refractivity contribution in [2.24, 2.45) is 0 Å². The van der Waals surface area contributed by atoms with E-state index in [-0.39, 0.29) is 11.9 Å². The Morgan fingerprint density at radius 2 is 2.24 bits per heavy atom. The van der Waals surface area contributed by atoms with E-state index in [1.165, 1.54) is 9.75 Å². The van der Waals surface area contributed by atoms with Gasteiger partial charge in [0.15, 0.2) is 5.82 Å². The molecule has 0 aliphatic rings. The summed E-state index contributed by atoms with van der Waals surface area (Å²) in [7, 11) is 0. The van der Waals surface area contributed by atoms with Crippen LogP contribution < -0.4 is 5.32 Å². The number of thiophene rings is 1. The zero-order valence-electron chi connectivity index (χ0n) is 12.8. The summed E-state index contributed by atoms with van der Waals surface area (Å²) in [5.41, 5.74) is 0. The van der Waals surface area contributed by atoms with Crippen LogP contribution in [0.5, 0.6) is 0 Å². The number of nitrogens with zero attached hydrogens (tertiary/aromatic N) is 2. The van der Waals surface area contributed by atoms with Crippen molar-refractivity contribution in [2.75, 3.05) is 0 Å². The SMILES string of the molecule is CCC(NC(=O)CCCc1ccc(C)s1)c1n[nH]c(C)n1. The van der Waals surface area contributed by atoms with Gasteiger partial charge in [0.25, 0.3) is 0 Å². The largest absolute Gasteiger partial charge is 0.346 e. The van der Waals surface area contributed by atoms with Gasteiger partial charge < -0.3 is 5.32 Å². The maximum absolute atomic E-state index is 12.0. The zero-order valence-corrected chi connectivity index (χ0v) is 13.6. The van der Waals surface area contributed by atoms with E-state index in [0.717, 1.165) is 25.1 Å². The Hall–Kier alpha value is -1.69. The normalized spacial score (nSPS) is 12.3. The van der Waals surface area contributed by atoms with Crippen molar-refractivity contribution in [1.29, 1.82) is 0 Å². The molecule has 21 heavy (non-hydrogen) atoms. The van der Waals surface area contributed by atoms with Crippen molar-refractivity contribution in [1.82, 2.24) is 20.5 Å². The first-order valence-electron chi connectivity index (χ1n) is 7.32. The smallest absolute Gasteiger partial charge is 0.220 e. The highest BCUT2D eigenvalue weighted by Crippen LogP contribution is 2.17. The predicted molar refractivity (Wildman–Crippen MR) is 84.3 cm³/mol. The van der Waals surface area contributed by atoms with Gasteiger partial charge in [-0.25, -0.2) is 4.98 Å². The van der Waals surface area contributed by atoms with E-state index in [9.17, 15) is 4.79 Å². The fourth-order valence-corrected chi connectivity index (χ4v) is 3.11. The van der Waals surface area contributed by atoms with Crippen LogP contribution in [-0.4, -0.2) is 21.1 Å². The molecule has 0 radical (unpaired) electrons. The molecule has 2 aromatic rings. The van der Waals surface area contributed by atoms with Crippen LogP contribution in [0.2, 0.25) is 0 Å². The van der Waals surface area contributed by atoms with Gasteiger partial charge in [-0.3, -0.25) is 9.89 Å². The van der Waals surface area contributed by atoms with Crippen LogP contribution in [0.1, 0.15) is 53.6 Å². The van der Waals surface area contributed by atoms with Crippen LogP contribution in [-0.2, 0) is 11.2 Å². The lowest BCUT2D eigenvalue weighted by atomic mass is 10.1. The molecule has 0 aromatic carbocycles. The Morgan fingerprint density at radius 1 is 1.43 bits per heavy atom. The summed E-state index contributed by atoms with van der Waals surface area (Å²) in [5.74, 6) is 1.50. The van der Waals surface area contributed by atoms with Gasteiger partial charge in [-0.05, 0) is 45.2 Å². The van der Waals surface area contributed by atoms with Gasteiger partial charge in [0.05, 0.1) is 6.04 Å². The number of carbonyl (C=O) groups excluding carboxylic acids is 1. The van der Waals surface area contributed by atoms with Crippen LogP contribution in [0.15, 0.2) is 12.1 Å². The highest BCUT2D eigenvalue weighted by Gasteiger charge is 2.16. The topological polar surface area (TPSA) is 70.7 Å². The third kappa shape index (κ3) is 4.67. The van der Waals surface area contributed by atoms with Gasteiger partial charge in [0.1, 0.15) is 5.82 Å². The first-order valence-corrected chi connectivity index (χ1v) is 8.13. The number of aromatic nitrogens is 3. The molecule has 2 aromatic heterocycles. The van der Waals surface area contributed by atoms with E-state index in [0.29, 0.717) is 12.2 Å². The van der Waals surface area contributed by atoms with E-state index in [1.54, 1.807) is 11.3 Å². The molecule has 0 saturated heterocycles. The number of nitrogens with one attached hydrogen (secondary N) is 2. The lowest BCUT2D eigenvalue weighted by Crippen LogP contribution is -2.28. The third-order valence-electron chi connectivity index (χ3n) is 3.29. The Balaban J connectivity index is 1.77. The molecule has 0 aliphatic carbocycles. The van der Waals surface area contributed by atoms with Crippen LogP contribution in [0.25, 0.3) is 0 Å². The van der Waals surface area contributed by atoms with Gasteiger partial charge in [0, 0.05) is 16.2 Å². The molecule has 114 valence electrons. The van der Waals surface area contributed by atoms with Gasteiger partial charge in [0.2, 0.25) is 5.91 Å². The number of amides is 1. The number of aromatic amines is 1. The van der Waals surface area contributed by atoms with E-state index in [2.05, 4.69) is 39.6 Å². The molecule has 1 atom stereocenters. The van der Waals surface area contributed by atoms with Crippen LogP contribution >= 0.6 is 11.3 Å². The standard InChI is InChI=1S/C15H22N4OS/c1-4-13(15-16-11(3)18-19-15)17-14(20)7-5-6-12-9-8-10(2)21-12/h8-9,13H,4-7H2,1-3H3,(H,17,20)(H,16,18,19). The number of hydrogen-bond acceptors (Lipinski definition) is 4. The van der Waals surface area contributed by atoms with Crippen LogP contribution in [0.4, 0.5) is 0 Å². The van der Waals surface area contributed by atoms with Crippen LogP contribution in [0.3, 0.4) is 0 Å². The summed E-state index contributed by atoms with van der Waals surface area (Å²) >= 11 is 1.80. The van der Waals surface area contributed by atoms with Crippen molar-refractivity contribution in [3.05, 3.63) is 33.5 Å². The van der Waals surface area contributed by atoms with Gasteiger partial charge >= 0.3 is 0 Å². The molecular formula is C15H22N4OS. The predicted octanol–water partition coefficient (Wildman–Crippen LogP) is 3.07. The minimum absolute atomic E-state index is 0.0672. The van der Waals surface area contributed by atoms with E-state index < -0.39 is 0 Å². The molecule has 1 amide bonds. The Bertz CT molecular complexity index is 590. The number of H-pyrrole nitrogens is 1. The summed E-state index contributed by atoms with van der Waals surface area (Å²) in [6.07, 6.45) is 3.15. The molecule has 2 N–H and O–H groups in total. The Kier molecular flexibility index (Phi) is 5.50. The fraction of sp³-hybridized carbons (Fsp3) is 0.533. The van der Waals surface area contributed by atoms with Gasteiger partial charge in [-0.2, -0.15) is 5.10 Å². The molecule has 5 nitrogen and oxygen atoms in total. The second kappa shape index (κ2) is 7.36. The van der Waals surface area contributed by atoms with Crippen molar-refractivity contribution >= 4 is 17.2 Å². The van der Waals surface area contributed by atoms with Crippen molar-refractivity contribution in [2.45, 2.75) is 52.5 Å². The maximum atomic E-state index is 12.0. The summed E-state index contributed by atoms with van der Waals surface area (Å²) in [4.78, 5) is 19.0. The average molecular weight is 306 g/mol. The molecule has 0 fully saturated rings. The van der Waals surface area contributed by atoms with E-state index in [1.807, 2.05) is 13.8 Å². The summed E-state index contributed by atoms with van der Waals surface area (Å²) in [6.45, 7) is 5.98. The molecule has 6 heteroatoms. The molecule has 2 rings (SSSR count). The first-order chi connectivity index (χ1) is 10.1. The third-order valence-corrected chi connectivity index (χ3v) is 4.35. The number of aryl methyl sites for hydroxylation is 3. The van der Waals surface area contributed by atoms with E-state index >= 15 is 0 Å². The minimum atomic E-state index is -0.105. The minimum Gasteiger partial charge on any atom is -0.346 e. The Morgan fingerprint density at radius 3 is 2.81 bits per heavy atom. The molecule has 2 heterocycles. The van der Waals surface area contributed by atoms with Crippen molar-refractivity contribution in [3.8, 4) is 0 Å². The van der Waals surface area contributed by atoms with Crippen molar-refractivity contribution < 1.29 is 4.79 Å². The highest BCUT2D eigenvalue weighted by atomic mass is 32.1. The zero-order chi connectivity index (χ0) is 15.2. The average Bonchev–Trinajstić information content (AvgIpc) is 3.05. The molecule has 0 spiro atoms.